The van der Waals surface area contributed by atoms with Crippen molar-refractivity contribution in [3.8, 4) is 5.75 Å². The number of carbonyl (C=O) groups is 1. The second-order valence-electron chi connectivity index (χ2n) is 8.44. The van der Waals surface area contributed by atoms with Gasteiger partial charge in [0.15, 0.2) is 6.10 Å². The number of hydrogen-bond acceptors (Lipinski definition) is 4. The van der Waals surface area contributed by atoms with Crippen molar-refractivity contribution in [2.24, 2.45) is 5.41 Å². The molecule has 5 heteroatoms. The van der Waals surface area contributed by atoms with E-state index in [1.807, 2.05) is 12.1 Å². The van der Waals surface area contributed by atoms with Crippen LogP contribution in [0.4, 0.5) is 0 Å². The number of rotatable bonds is 7. The molecule has 1 unspecified atom stereocenters. The average molecular weight is 363 g/mol. The maximum absolute atomic E-state index is 12.5. The maximum atomic E-state index is 12.5. The molecular weight excluding hydrogens is 328 g/mol. The van der Waals surface area contributed by atoms with E-state index in [1.54, 1.807) is 14.0 Å². The zero-order valence-corrected chi connectivity index (χ0v) is 16.9. The molecule has 0 saturated carbocycles. The van der Waals surface area contributed by atoms with Gasteiger partial charge >= 0.3 is 0 Å². The molecule has 1 aliphatic heterocycles. The molecule has 0 bridgehead atoms. The van der Waals surface area contributed by atoms with E-state index in [9.17, 15) is 4.79 Å². The Kier molecular flexibility index (Phi) is 7.07. The highest BCUT2D eigenvalue weighted by Gasteiger charge is 2.33. The van der Waals surface area contributed by atoms with Crippen LogP contribution in [0.3, 0.4) is 0 Å². The van der Waals surface area contributed by atoms with E-state index in [4.69, 9.17) is 9.47 Å². The number of nitrogens with one attached hydrogen (secondary N) is 2. The molecular formula is C21H34N2O3. The van der Waals surface area contributed by atoms with Crippen molar-refractivity contribution in [2.45, 2.75) is 52.1 Å². The lowest BCUT2D eigenvalue weighted by Crippen LogP contribution is -2.49. The van der Waals surface area contributed by atoms with Crippen molar-refractivity contribution in [1.82, 2.24) is 10.6 Å². The molecule has 0 aliphatic carbocycles. The monoisotopic (exact) mass is 362 g/mol. The summed E-state index contributed by atoms with van der Waals surface area (Å²) in [6, 6.07) is 7.98. The summed E-state index contributed by atoms with van der Waals surface area (Å²) in [6.07, 6.45) is 1.48. The lowest BCUT2D eigenvalue weighted by molar-refractivity contribution is -0.128. The van der Waals surface area contributed by atoms with Crippen molar-refractivity contribution >= 4 is 5.91 Å². The summed E-state index contributed by atoms with van der Waals surface area (Å²) in [7, 11) is 1.72. The maximum Gasteiger partial charge on any atom is 0.260 e. The standard InChI is InChI=1S/C21H34N2O3/c1-16(26-18-8-6-17(7-9-18)20(2,3)4)19(24)23-14-21(15-25-5)10-12-22-13-11-21/h6-9,16,22H,10-15H2,1-5H3,(H,23,24). The van der Waals surface area contributed by atoms with Gasteiger partial charge in [0, 0.05) is 19.1 Å². The van der Waals surface area contributed by atoms with Crippen LogP contribution in [0.5, 0.6) is 5.75 Å². The summed E-state index contributed by atoms with van der Waals surface area (Å²) in [5.74, 6) is 0.632. The number of carbonyl (C=O) groups excluding carboxylic acids is 1. The summed E-state index contributed by atoms with van der Waals surface area (Å²) < 4.78 is 11.2. The number of ether oxygens (including phenoxy) is 2. The van der Waals surface area contributed by atoms with E-state index < -0.39 is 6.10 Å². The molecule has 1 aliphatic rings. The molecule has 1 atom stereocenters. The normalized spacial score (nSPS) is 18.2. The molecule has 1 heterocycles. The SMILES string of the molecule is COCC1(CNC(=O)C(C)Oc2ccc(C(C)(C)C)cc2)CCNCC1. The van der Waals surface area contributed by atoms with Gasteiger partial charge in [-0.25, -0.2) is 0 Å². The second-order valence-corrected chi connectivity index (χ2v) is 8.44. The molecule has 2 rings (SSSR count). The van der Waals surface area contributed by atoms with Crippen molar-refractivity contribution < 1.29 is 14.3 Å². The number of methoxy groups -OCH3 is 1. The van der Waals surface area contributed by atoms with E-state index in [1.165, 1.54) is 5.56 Å². The molecule has 1 saturated heterocycles. The molecule has 5 nitrogen and oxygen atoms in total. The molecule has 26 heavy (non-hydrogen) atoms. The van der Waals surface area contributed by atoms with Gasteiger partial charge in [0.25, 0.3) is 5.91 Å². The van der Waals surface area contributed by atoms with Crippen molar-refractivity contribution in [2.75, 3.05) is 33.4 Å². The van der Waals surface area contributed by atoms with Crippen LogP contribution in [0.25, 0.3) is 0 Å². The van der Waals surface area contributed by atoms with E-state index in [-0.39, 0.29) is 16.7 Å². The fourth-order valence-corrected chi connectivity index (χ4v) is 3.34. The first kappa shape index (κ1) is 20.7. The molecule has 2 N–H and O–H groups in total. The number of piperidine rings is 1. The van der Waals surface area contributed by atoms with Gasteiger partial charge in [0.1, 0.15) is 5.75 Å². The van der Waals surface area contributed by atoms with E-state index in [2.05, 4.69) is 43.5 Å². The molecule has 0 spiro atoms. The summed E-state index contributed by atoms with van der Waals surface area (Å²) in [5.41, 5.74) is 1.37. The first-order chi connectivity index (χ1) is 12.3. The van der Waals surface area contributed by atoms with Gasteiger partial charge in [-0.1, -0.05) is 32.9 Å². The van der Waals surface area contributed by atoms with Crippen LogP contribution in [0.1, 0.15) is 46.1 Å². The third-order valence-corrected chi connectivity index (χ3v) is 5.15. The highest BCUT2D eigenvalue weighted by molar-refractivity contribution is 5.80. The number of hydrogen-bond donors (Lipinski definition) is 2. The first-order valence-electron chi connectivity index (χ1n) is 9.50. The van der Waals surface area contributed by atoms with Crippen molar-refractivity contribution in [3.63, 3.8) is 0 Å². The van der Waals surface area contributed by atoms with Crippen LogP contribution in [0.15, 0.2) is 24.3 Å². The van der Waals surface area contributed by atoms with Crippen LogP contribution in [-0.2, 0) is 14.9 Å². The summed E-state index contributed by atoms with van der Waals surface area (Å²) in [4.78, 5) is 12.5. The van der Waals surface area contributed by atoms with Crippen LogP contribution >= 0.6 is 0 Å². The largest absolute Gasteiger partial charge is 0.481 e. The minimum absolute atomic E-state index is 0.0176. The van der Waals surface area contributed by atoms with E-state index in [0.29, 0.717) is 18.9 Å². The Hall–Kier alpha value is -1.59. The highest BCUT2D eigenvalue weighted by Crippen LogP contribution is 2.28. The fourth-order valence-electron chi connectivity index (χ4n) is 3.34. The summed E-state index contributed by atoms with van der Waals surface area (Å²) >= 11 is 0. The van der Waals surface area contributed by atoms with Gasteiger partial charge in [-0.05, 0) is 56.0 Å². The van der Waals surface area contributed by atoms with E-state index in [0.717, 1.165) is 25.9 Å². The van der Waals surface area contributed by atoms with Gasteiger partial charge < -0.3 is 20.1 Å². The summed E-state index contributed by atoms with van der Waals surface area (Å²) in [6.45, 7) is 11.5. The highest BCUT2D eigenvalue weighted by atomic mass is 16.5. The predicted molar refractivity (Wildman–Crippen MR) is 105 cm³/mol. The van der Waals surface area contributed by atoms with Gasteiger partial charge in [-0.3, -0.25) is 4.79 Å². The van der Waals surface area contributed by atoms with Crippen molar-refractivity contribution in [1.29, 1.82) is 0 Å². The van der Waals surface area contributed by atoms with E-state index >= 15 is 0 Å². The Morgan fingerprint density at radius 3 is 2.38 bits per heavy atom. The fraction of sp³-hybridized carbons (Fsp3) is 0.667. The Labute approximate surface area is 157 Å². The lowest BCUT2D eigenvalue weighted by Gasteiger charge is -2.37. The Morgan fingerprint density at radius 1 is 1.23 bits per heavy atom. The minimum atomic E-state index is -0.531. The van der Waals surface area contributed by atoms with Crippen LogP contribution in [0.2, 0.25) is 0 Å². The lowest BCUT2D eigenvalue weighted by atomic mass is 9.79. The first-order valence-corrected chi connectivity index (χ1v) is 9.50. The third kappa shape index (κ3) is 5.71. The zero-order valence-electron chi connectivity index (χ0n) is 16.9. The van der Waals surface area contributed by atoms with Gasteiger partial charge in [0.2, 0.25) is 0 Å². The van der Waals surface area contributed by atoms with Crippen molar-refractivity contribution in [3.05, 3.63) is 29.8 Å². The molecule has 0 aromatic heterocycles. The van der Waals surface area contributed by atoms with Crippen LogP contribution in [0, 0.1) is 5.41 Å². The number of benzene rings is 1. The zero-order chi connectivity index (χ0) is 19.2. The molecule has 146 valence electrons. The third-order valence-electron chi connectivity index (χ3n) is 5.15. The minimum Gasteiger partial charge on any atom is -0.481 e. The van der Waals surface area contributed by atoms with Gasteiger partial charge in [-0.2, -0.15) is 0 Å². The quantitative estimate of drug-likeness (QED) is 0.783. The Morgan fingerprint density at radius 2 is 1.85 bits per heavy atom. The van der Waals surface area contributed by atoms with Gasteiger partial charge in [-0.15, -0.1) is 0 Å². The molecule has 1 fully saturated rings. The second kappa shape index (κ2) is 8.87. The van der Waals surface area contributed by atoms with Gasteiger partial charge in [0.05, 0.1) is 6.61 Å². The Balaban J connectivity index is 1.88. The average Bonchev–Trinajstić information content (AvgIpc) is 2.60. The molecule has 0 radical (unpaired) electrons. The molecule has 1 amide bonds. The molecule has 1 aromatic rings. The van der Waals surface area contributed by atoms with Crippen LogP contribution in [-0.4, -0.2) is 45.4 Å². The summed E-state index contributed by atoms with van der Waals surface area (Å²) in [5, 5.41) is 6.43. The molecule has 1 aromatic carbocycles. The topological polar surface area (TPSA) is 59.6 Å². The Bertz CT molecular complexity index is 566. The predicted octanol–water partition coefficient (Wildman–Crippen LogP) is 2.88. The number of amides is 1. The smallest absolute Gasteiger partial charge is 0.260 e. The van der Waals surface area contributed by atoms with Crippen LogP contribution < -0.4 is 15.4 Å².